The summed E-state index contributed by atoms with van der Waals surface area (Å²) in [6.45, 7) is 5.86. The van der Waals surface area contributed by atoms with Crippen LogP contribution in [0, 0.1) is 18.9 Å². The fourth-order valence-electron chi connectivity index (χ4n) is 0.562. The first-order valence-corrected chi connectivity index (χ1v) is 3.56. The van der Waals surface area contributed by atoms with Gasteiger partial charge < -0.3 is 10.7 Å². The Bertz CT molecular complexity index is 252. The number of H-pyrrole nitrogens is 1. The fourth-order valence-corrected chi connectivity index (χ4v) is 0.562. The molecule has 11 heavy (non-hydrogen) atoms. The number of nitrogens with one attached hydrogen (secondary N) is 1. The number of aromatic amines is 1. The van der Waals surface area contributed by atoms with Crippen molar-refractivity contribution in [3.05, 3.63) is 17.7 Å². The molecule has 0 aliphatic rings. The van der Waals surface area contributed by atoms with E-state index in [0.29, 0.717) is 0 Å². The number of rotatable bonds is 0. The van der Waals surface area contributed by atoms with Gasteiger partial charge in [-0.25, -0.2) is 4.98 Å². The minimum Gasteiger partial charge on any atom is -0.359 e. The molecule has 0 aliphatic heterocycles. The molecule has 60 valence electrons. The average Bonchev–Trinajstić information content (AvgIpc) is 2.41. The zero-order valence-electron chi connectivity index (χ0n) is 7.10. The molecule has 0 radical (unpaired) electrons. The van der Waals surface area contributed by atoms with Crippen LogP contribution in [-0.4, -0.2) is 9.97 Å². The van der Waals surface area contributed by atoms with E-state index in [9.17, 15) is 0 Å². The van der Waals surface area contributed by atoms with Crippen molar-refractivity contribution in [2.24, 2.45) is 5.73 Å². The lowest BCUT2D eigenvalue weighted by Gasteiger charge is -1.75. The lowest BCUT2D eigenvalue weighted by molar-refractivity contribution is 1.14. The van der Waals surface area contributed by atoms with Gasteiger partial charge in [-0.2, -0.15) is 0 Å². The van der Waals surface area contributed by atoms with E-state index in [1.165, 1.54) is 0 Å². The first kappa shape index (κ1) is 9.57. The average molecular weight is 151 g/mol. The van der Waals surface area contributed by atoms with Crippen LogP contribution in [0.5, 0.6) is 0 Å². The maximum Gasteiger partial charge on any atom is 0.111 e. The minimum atomic E-state index is 0.759. The van der Waals surface area contributed by atoms with Gasteiger partial charge in [-0.15, -0.1) is 0 Å². The highest BCUT2D eigenvalue weighted by molar-refractivity contribution is 5.24. The molecule has 0 bridgehead atoms. The molecule has 0 fully saturated rings. The van der Waals surface area contributed by atoms with Crippen molar-refractivity contribution in [1.82, 2.24) is 9.97 Å². The normalized spacial score (nSPS) is 7.18. The summed E-state index contributed by atoms with van der Waals surface area (Å²) < 4.78 is 0. The van der Waals surface area contributed by atoms with E-state index in [0.717, 1.165) is 11.5 Å². The van der Waals surface area contributed by atoms with Crippen molar-refractivity contribution in [3.63, 3.8) is 0 Å². The lowest BCUT2D eigenvalue weighted by Crippen LogP contribution is -1.79. The summed E-state index contributed by atoms with van der Waals surface area (Å²) in [5.41, 5.74) is 5.72. The molecule has 3 nitrogen and oxygen atoms in total. The van der Waals surface area contributed by atoms with Crippen molar-refractivity contribution in [3.8, 4) is 12.0 Å². The van der Waals surface area contributed by atoms with E-state index in [4.69, 9.17) is 5.73 Å². The largest absolute Gasteiger partial charge is 0.359 e. The van der Waals surface area contributed by atoms with Gasteiger partial charge in [0.25, 0.3) is 0 Å². The van der Waals surface area contributed by atoms with Crippen LogP contribution in [0.2, 0.25) is 0 Å². The first-order chi connectivity index (χ1) is 5.33. The molecule has 0 atom stereocenters. The van der Waals surface area contributed by atoms with E-state index in [2.05, 4.69) is 21.9 Å². The summed E-state index contributed by atoms with van der Waals surface area (Å²) in [7, 11) is 0. The van der Waals surface area contributed by atoms with Gasteiger partial charge in [0, 0.05) is 6.04 Å². The summed E-state index contributed by atoms with van der Waals surface area (Å²) in [6, 6.07) is 2.28. The van der Waals surface area contributed by atoms with Gasteiger partial charge in [0.2, 0.25) is 0 Å². The molecule has 1 heterocycles. The molecule has 1 rings (SSSR count). The smallest absolute Gasteiger partial charge is 0.111 e. The van der Waals surface area contributed by atoms with Crippen LogP contribution in [0.3, 0.4) is 0 Å². The maximum atomic E-state index is 4.96. The van der Waals surface area contributed by atoms with Crippen LogP contribution in [0.25, 0.3) is 0 Å². The van der Waals surface area contributed by atoms with Gasteiger partial charge in [0.1, 0.15) is 11.5 Å². The van der Waals surface area contributed by atoms with Crippen LogP contribution in [-0.2, 0) is 0 Å². The molecule has 3 N–H and O–H groups in total. The van der Waals surface area contributed by atoms with E-state index >= 15 is 0 Å². The zero-order valence-corrected chi connectivity index (χ0v) is 7.10. The van der Waals surface area contributed by atoms with Crippen molar-refractivity contribution >= 4 is 0 Å². The van der Waals surface area contributed by atoms with Gasteiger partial charge in [0.15, 0.2) is 0 Å². The minimum absolute atomic E-state index is 0.759. The first-order valence-electron chi connectivity index (χ1n) is 3.56. The monoisotopic (exact) mass is 151 g/mol. The van der Waals surface area contributed by atoms with Gasteiger partial charge >= 0.3 is 0 Å². The van der Waals surface area contributed by atoms with E-state index < -0.39 is 0 Å². The van der Waals surface area contributed by atoms with Crippen molar-refractivity contribution in [2.45, 2.75) is 20.8 Å². The van der Waals surface area contributed by atoms with Crippen LogP contribution in [0.15, 0.2) is 6.20 Å². The fraction of sp³-hybridized carbons (Fsp3) is 0.375. The molecule has 1 aromatic heterocycles. The Hall–Kier alpha value is -1.43. The number of nitrogens with zero attached hydrogens (tertiary/aromatic N) is 1. The molecule has 0 saturated carbocycles. The molecule has 3 heteroatoms. The summed E-state index contributed by atoms with van der Waals surface area (Å²) in [5.74, 6) is 3.49. The summed E-state index contributed by atoms with van der Waals surface area (Å²) in [5, 5.41) is 0. The highest BCUT2D eigenvalue weighted by Crippen LogP contribution is 1.90. The second-order valence-corrected chi connectivity index (χ2v) is 1.65. The van der Waals surface area contributed by atoms with E-state index in [-0.39, 0.29) is 0 Å². The molecule has 0 aliphatic carbocycles. The molecular weight excluding hydrogens is 138 g/mol. The number of nitrogens with two attached hydrogens (primary N) is 1. The molecular formula is C8H13N3. The Morgan fingerprint density at radius 1 is 1.55 bits per heavy atom. The predicted octanol–water partition coefficient (Wildman–Crippen LogP) is 1.01. The highest BCUT2D eigenvalue weighted by Gasteiger charge is 1.88. The van der Waals surface area contributed by atoms with Gasteiger partial charge in [-0.3, -0.25) is 0 Å². The van der Waals surface area contributed by atoms with Crippen molar-refractivity contribution in [2.75, 3.05) is 0 Å². The van der Waals surface area contributed by atoms with Crippen LogP contribution < -0.4 is 5.73 Å². The third-order valence-corrected chi connectivity index (χ3v) is 0.910. The molecule has 0 amide bonds. The van der Waals surface area contributed by atoms with Crippen molar-refractivity contribution in [1.29, 1.82) is 0 Å². The standard InChI is InChI=1S/C6H7N3.C2H6/c1-5-8-4-6(9-5)2-3-7;1-2/h4H,7H2,1H3,(H,8,9);1-2H3. The maximum absolute atomic E-state index is 4.96. The van der Waals surface area contributed by atoms with Crippen molar-refractivity contribution < 1.29 is 0 Å². The summed E-state index contributed by atoms with van der Waals surface area (Å²) in [4.78, 5) is 6.83. The molecule has 1 aromatic rings. The Morgan fingerprint density at radius 3 is 2.55 bits per heavy atom. The second-order valence-electron chi connectivity index (χ2n) is 1.65. The number of hydrogen-bond acceptors (Lipinski definition) is 2. The SMILES string of the molecule is CC.Cc1ncc(C#CN)[nH]1. The van der Waals surface area contributed by atoms with E-state index in [1.807, 2.05) is 20.8 Å². The Kier molecular flexibility index (Phi) is 4.67. The number of aromatic nitrogens is 2. The highest BCUT2D eigenvalue weighted by atomic mass is 14.9. The van der Waals surface area contributed by atoms with Gasteiger partial charge in [0.05, 0.1) is 6.20 Å². The number of aryl methyl sites for hydroxylation is 1. The van der Waals surface area contributed by atoms with E-state index in [1.54, 1.807) is 6.20 Å². The Morgan fingerprint density at radius 2 is 2.18 bits per heavy atom. The van der Waals surface area contributed by atoms with Gasteiger partial charge in [-0.05, 0) is 12.8 Å². The third-order valence-electron chi connectivity index (χ3n) is 0.910. The number of hydrogen-bond donors (Lipinski definition) is 2. The summed E-state index contributed by atoms with van der Waals surface area (Å²) >= 11 is 0. The summed E-state index contributed by atoms with van der Waals surface area (Å²) in [6.07, 6.45) is 1.65. The predicted molar refractivity (Wildman–Crippen MR) is 45.7 cm³/mol. The second kappa shape index (κ2) is 5.36. The molecule has 0 saturated heterocycles. The molecule has 0 unspecified atom stereocenters. The topological polar surface area (TPSA) is 54.7 Å². The zero-order chi connectivity index (χ0) is 8.69. The number of imidazole rings is 1. The van der Waals surface area contributed by atoms with Gasteiger partial charge in [-0.1, -0.05) is 13.8 Å². The quantitative estimate of drug-likeness (QED) is 0.429. The van der Waals surface area contributed by atoms with Crippen LogP contribution >= 0.6 is 0 Å². The molecule has 0 spiro atoms. The Balaban J connectivity index is 0.000000461. The molecule has 0 aromatic carbocycles. The third kappa shape index (κ3) is 3.31. The van der Waals surface area contributed by atoms with Crippen LogP contribution in [0.4, 0.5) is 0 Å². The van der Waals surface area contributed by atoms with Crippen LogP contribution in [0.1, 0.15) is 25.4 Å². The lowest BCUT2D eigenvalue weighted by atomic mass is 10.5. The Labute approximate surface area is 67.0 Å².